The fourth-order valence-electron chi connectivity index (χ4n) is 5.90. The van der Waals surface area contributed by atoms with Crippen LogP contribution in [0.25, 0.3) is 0 Å². The normalized spacial score (nSPS) is 27.7. The van der Waals surface area contributed by atoms with E-state index in [4.69, 9.17) is 0 Å². The summed E-state index contributed by atoms with van der Waals surface area (Å²) in [5, 5.41) is 3.60. The summed E-state index contributed by atoms with van der Waals surface area (Å²) >= 11 is 0. The molecule has 6 nitrogen and oxygen atoms in total. The molecule has 5 rings (SSSR count). The van der Waals surface area contributed by atoms with Crippen LogP contribution in [0.15, 0.2) is 54.6 Å². The Kier molecular flexibility index (Phi) is 5.69. The Hall–Kier alpha value is -3.15. The number of benzene rings is 2. The van der Waals surface area contributed by atoms with Crippen molar-refractivity contribution in [3.05, 3.63) is 60.2 Å². The third-order valence-electron chi connectivity index (χ3n) is 7.56. The van der Waals surface area contributed by atoms with Crippen LogP contribution < -0.4 is 10.2 Å². The van der Waals surface area contributed by atoms with Crippen LogP contribution in [-0.2, 0) is 14.4 Å². The van der Waals surface area contributed by atoms with E-state index in [1.54, 1.807) is 11.8 Å². The Morgan fingerprint density at radius 2 is 1.55 bits per heavy atom. The van der Waals surface area contributed by atoms with Crippen molar-refractivity contribution in [3.8, 4) is 0 Å². The second-order valence-corrected chi connectivity index (χ2v) is 9.63. The highest BCUT2D eigenvalue weighted by molar-refractivity contribution is 6.10. The summed E-state index contributed by atoms with van der Waals surface area (Å²) in [4.78, 5) is 43.0. The first-order valence-corrected chi connectivity index (χ1v) is 12.1. The Morgan fingerprint density at radius 1 is 0.939 bits per heavy atom. The number of carbonyl (C=O) groups is 3. The van der Waals surface area contributed by atoms with Gasteiger partial charge in [0.15, 0.2) is 0 Å². The van der Waals surface area contributed by atoms with E-state index in [9.17, 15) is 14.4 Å². The number of rotatable bonds is 4. The predicted octanol–water partition coefficient (Wildman–Crippen LogP) is 4.53. The van der Waals surface area contributed by atoms with Gasteiger partial charge in [0.1, 0.15) is 6.04 Å². The minimum atomic E-state index is -0.801. The summed E-state index contributed by atoms with van der Waals surface area (Å²) in [5.41, 5.74) is 2.93. The van der Waals surface area contributed by atoms with Gasteiger partial charge in [0.25, 0.3) is 0 Å². The number of hydrogen-bond acceptors (Lipinski definition) is 4. The zero-order valence-corrected chi connectivity index (χ0v) is 19.2. The number of fused-ring (bicyclic) bond motifs is 2. The molecule has 1 N–H and O–H groups in total. The first-order valence-electron chi connectivity index (χ1n) is 12.1. The van der Waals surface area contributed by atoms with Crippen LogP contribution >= 0.6 is 0 Å². The summed E-state index contributed by atoms with van der Waals surface area (Å²) in [7, 11) is 0. The average Bonchev–Trinajstić information content (AvgIpc) is 3.09. The summed E-state index contributed by atoms with van der Waals surface area (Å²) in [6.45, 7) is 3.74. The molecule has 3 aliphatic rings. The molecule has 2 aliphatic heterocycles. The van der Waals surface area contributed by atoms with Gasteiger partial charge in [-0.3, -0.25) is 19.3 Å². The largest absolute Gasteiger partial charge is 0.378 e. The lowest BCUT2D eigenvalue weighted by atomic mass is 9.81. The summed E-state index contributed by atoms with van der Waals surface area (Å²) in [5.74, 6) is -0.994. The molecule has 0 bridgehead atoms. The van der Waals surface area contributed by atoms with Crippen molar-refractivity contribution in [2.75, 3.05) is 10.2 Å². The molecule has 33 heavy (non-hydrogen) atoms. The van der Waals surface area contributed by atoms with Gasteiger partial charge in [-0.1, -0.05) is 49.2 Å². The quantitative estimate of drug-likeness (QED) is 0.702. The first-order chi connectivity index (χ1) is 16.0. The van der Waals surface area contributed by atoms with Crippen LogP contribution in [-0.4, -0.2) is 34.7 Å². The zero-order chi connectivity index (χ0) is 23.1. The van der Waals surface area contributed by atoms with Gasteiger partial charge in [-0.15, -0.1) is 0 Å². The van der Waals surface area contributed by atoms with Gasteiger partial charge in [-0.2, -0.15) is 0 Å². The van der Waals surface area contributed by atoms with Gasteiger partial charge >= 0.3 is 0 Å². The third-order valence-corrected chi connectivity index (χ3v) is 7.56. The van der Waals surface area contributed by atoms with E-state index in [-0.39, 0.29) is 41.6 Å². The Labute approximate surface area is 194 Å². The molecular formula is C27H31N3O3. The van der Waals surface area contributed by atoms with Crippen molar-refractivity contribution in [1.82, 2.24) is 4.90 Å². The molecule has 5 atom stereocenters. The van der Waals surface area contributed by atoms with Crippen molar-refractivity contribution in [1.29, 1.82) is 0 Å². The maximum Gasteiger partial charge on any atom is 0.250 e. The molecule has 3 amide bonds. The number of para-hydroxylation sites is 2. The number of amides is 3. The lowest BCUT2D eigenvalue weighted by Crippen LogP contribution is -2.54. The number of anilines is 2. The van der Waals surface area contributed by atoms with E-state index in [1.807, 2.05) is 61.5 Å². The maximum absolute atomic E-state index is 13.8. The number of nitrogens with zero attached hydrogens (tertiary/aromatic N) is 2. The SMILES string of the molecule is C[C@H](C(=O)N1c2ccccc2[C@H](Nc2ccccc2)C[C@@H]1C)N1C(=O)[C@@H]2CCCC[C@H]2C1=O. The highest BCUT2D eigenvalue weighted by Gasteiger charge is 2.51. The molecular weight excluding hydrogens is 414 g/mol. The average molecular weight is 446 g/mol. The minimum Gasteiger partial charge on any atom is -0.378 e. The number of nitrogens with one attached hydrogen (secondary N) is 1. The van der Waals surface area contributed by atoms with E-state index in [0.29, 0.717) is 0 Å². The molecule has 2 aromatic rings. The van der Waals surface area contributed by atoms with Crippen molar-refractivity contribution in [3.63, 3.8) is 0 Å². The number of imide groups is 1. The monoisotopic (exact) mass is 445 g/mol. The Balaban J connectivity index is 1.42. The molecule has 172 valence electrons. The van der Waals surface area contributed by atoms with Crippen LogP contribution in [0.1, 0.15) is 57.6 Å². The number of hydrogen-bond donors (Lipinski definition) is 1. The molecule has 6 heteroatoms. The fourth-order valence-corrected chi connectivity index (χ4v) is 5.90. The molecule has 2 fully saturated rings. The second kappa shape index (κ2) is 8.65. The fraction of sp³-hybridized carbons (Fsp3) is 0.444. The highest BCUT2D eigenvalue weighted by Crippen LogP contribution is 2.42. The lowest BCUT2D eigenvalue weighted by molar-refractivity contribution is -0.146. The minimum absolute atomic E-state index is 0.0656. The summed E-state index contributed by atoms with van der Waals surface area (Å²) in [6, 6.07) is 17.2. The number of carbonyl (C=O) groups excluding carboxylic acids is 3. The van der Waals surface area contributed by atoms with Gasteiger partial charge in [-0.05, 0) is 56.9 Å². The molecule has 0 spiro atoms. The maximum atomic E-state index is 13.8. The third kappa shape index (κ3) is 3.71. The van der Waals surface area contributed by atoms with Crippen molar-refractivity contribution >= 4 is 29.1 Å². The van der Waals surface area contributed by atoms with Crippen molar-refractivity contribution < 1.29 is 14.4 Å². The van der Waals surface area contributed by atoms with Crippen LogP contribution in [0, 0.1) is 11.8 Å². The topological polar surface area (TPSA) is 69.7 Å². The van der Waals surface area contributed by atoms with E-state index < -0.39 is 6.04 Å². The lowest BCUT2D eigenvalue weighted by Gasteiger charge is -2.41. The predicted molar refractivity (Wildman–Crippen MR) is 128 cm³/mol. The standard InChI is InChI=1S/C27H31N3O3/c1-17-16-23(28-19-10-4-3-5-11-19)22-14-8-9-15-24(22)29(17)25(31)18(2)30-26(32)20-12-6-7-13-21(20)27(30)33/h3-5,8-11,14-15,17-18,20-21,23,28H,6-7,12-13,16H2,1-2H3/t17-,18+,20+,21+,23+/m0/s1. The van der Waals surface area contributed by atoms with Gasteiger partial charge in [0.05, 0.1) is 17.9 Å². The molecule has 2 aromatic carbocycles. The van der Waals surface area contributed by atoms with E-state index >= 15 is 0 Å². The van der Waals surface area contributed by atoms with Crippen LogP contribution in [0.5, 0.6) is 0 Å². The van der Waals surface area contributed by atoms with Crippen LogP contribution in [0.3, 0.4) is 0 Å². The van der Waals surface area contributed by atoms with E-state index in [1.165, 1.54) is 4.90 Å². The second-order valence-electron chi connectivity index (χ2n) is 9.63. The highest BCUT2D eigenvalue weighted by atomic mass is 16.2. The molecule has 2 heterocycles. The van der Waals surface area contributed by atoms with Gasteiger partial charge < -0.3 is 10.2 Å². The summed E-state index contributed by atoms with van der Waals surface area (Å²) < 4.78 is 0. The Bertz CT molecular complexity index is 1050. The van der Waals surface area contributed by atoms with Crippen molar-refractivity contribution in [2.24, 2.45) is 11.8 Å². The summed E-state index contributed by atoms with van der Waals surface area (Å²) in [6.07, 6.45) is 4.19. The van der Waals surface area contributed by atoms with Gasteiger partial charge in [0, 0.05) is 17.4 Å². The molecule has 1 saturated heterocycles. The molecule has 0 aromatic heterocycles. The molecule has 1 aliphatic carbocycles. The zero-order valence-electron chi connectivity index (χ0n) is 19.2. The molecule has 0 radical (unpaired) electrons. The molecule has 1 saturated carbocycles. The van der Waals surface area contributed by atoms with Crippen molar-refractivity contribution in [2.45, 2.75) is 64.1 Å². The smallest absolute Gasteiger partial charge is 0.250 e. The molecule has 0 unspecified atom stereocenters. The van der Waals surface area contributed by atoms with E-state index in [2.05, 4.69) is 5.32 Å². The van der Waals surface area contributed by atoms with Crippen LogP contribution in [0.2, 0.25) is 0 Å². The van der Waals surface area contributed by atoms with Gasteiger partial charge in [-0.25, -0.2) is 0 Å². The van der Waals surface area contributed by atoms with Gasteiger partial charge in [0.2, 0.25) is 17.7 Å². The van der Waals surface area contributed by atoms with Crippen LogP contribution in [0.4, 0.5) is 11.4 Å². The number of likely N-dealkylation sites (tertiary alicyclic amines) is 1. The van der Waals surface area contributed by atoms with E-state index in [0.717, 1.165) is 49.0 Å². The Morgan fingerprint density at radius 3 is 2.21 bits per heavy atom. The first kappa shape index (κ1) is 21.7.